The van der Waals surface area contributed by atoms with Gasteiger partial charge in [-0.2, -0.15) is 0 Å². The molecule has 1 aliphatic heterocycles. The van der Waals surface area contributed by atoms with Gasteiger partial charge in [0.2, 0.25) is 0 Å². The zero-order valence-electron chi connectivity index (χ0n) is 15.3. The van der Waals surface area contributed by atoms with E-state index < -0.39 is 5.82 Å². The van der Waals surface area contributed by atoms with Crippen LogP contribution in [0.15, 0.2) is 41.8 Å². The van der Waals surface area contributed by atoms with Crippen LogP contribution in [0.4, 0.5) is 4.39 Å². The van der Waals surface area contributed by atoms with E-state index >= 15 is 0 Å². The van der Waals surface area contributed by atoms with Gasteiger partial charge in [0.05, 0.1) is 6.04 Å². The Hall–Kier alpha value is -1.76. The fourth-order valence-corrected chi connectivity index (χ4v) is 4.52. The maximum absolute atomic E-state index is 13.4. The second kappa shape index (κ2) is 8.75. The number of rotatable bonds is 6. The van der Waals surface area contributed by atoms with E-state index in [4.69, 9.17) is 0 Å². The molecule has 1 N–H and O–H groups in total. The number of nitrogens with zero attached hydrogens (tertiary/aromatic N) is 2. The van der Waals surface area contributed by atoms with Crippen LogP contribution < -0.4 is 5.32 Å². The van der Waals surface area contributed by atoms with Crippen molar-refractivity contribution in [2.45, 2.75) is 25.9 Å². The average molecular weight is 376 g/mol. The highest BCUT2D eigenvalue weighted by Crippen LogP contribution is 2.29. The highest BCUT2D eigenvalue weighted by molar-refractivity contribution is 7.10. The van der Waals surface area contributed by atoms with Crippen molar-refractivity contribution in [2.75, 3.05) is 32.7 Å². The molecular weight excluding hydrogens is 349 g/mol. The minimum Gasteiger partial charge on any atom is -0.348 e. The molecule has 0 spiro atoms. The number of carbonyl (C=O) groups is 1. The number of likely N-dealkylation sites (N-methyl/N-ethyl adjacent to an activating group) is 1. The van der Waals surface area contributed by atoms with Gasteiger partial charge in [-0.05, 0) is 43.1 Å². The number of amides is 1. The summed E-state index contributed by atoms with van der Waals surface area (Å²) in [4.78, 5) is 18.7. The molecule has 6 heteroatoms. The van der Waals surface area contributed by atoms with Gasteiger partial charge in [0, 0.05) is 42.7 Å². The van der Waals surface area contributed by atoms with Crippen molar-refractivity contribution in [3.63, 3.8) is 0 Å². The quantitative estimate of drug-likeness (QED) is 0.841. The summed E-state index contributed by atoms with van der Waals surface area (Å²) in [5.41, 5.74) is 0.359. The number of piperazine rings is 1. The first-order chi connectivity index (χ1) is 12.6. The normalized spacial score (nSPS) is 18.4. The molecular formula is C20H26FN3OS. The number of hydrogen-bond acceptors (Lipinski definition) is 4. The number of carbonyl (C=O) groups excluding carboxylic acids is 1. The molecule has 1 amide bonds. The molecule has 0 saturated carbocycles. The zero-order valence-corrected chi connectivity index (χ0v) is 16.1. The summed E-state index contributed by atoms with van der Waals surface area (Å²) in [7, 11) is 0. The Labute approximate surface area is 158 Å². The van der Waals surface area contributed by atoms with Crippen molar-refractivity contribution in [1.29, 1.82) is 0 Å². The summed E-state index contributed by atoms with van der Waals surface area (Å²) in [6.07, 6.45) is 0. The Balaban J connectivity index is 1.73. The molecule has 1 aromatic heterocycles. The fourth-order valence-electron chi connectivity index (χ4n) is 3.56. The molecule has 3 rings (SSSR count). The Morgan fingerprint density at radius 3 is 2.62 bits per heavy atom. The molecule has 2 heterocycles. The van der Waals surface area contributed by atoms with E-state index in [1.807, 2.05) is 6.92 Å². The Kier molecular flexibility index (Phi) is 6.40. The van der Waals surface area contributed by atoms with Crippen LogP contribution in [0.25, 0.3) is 0 Å². The van der Waals surface area contributed by atoms with Crippen LogP contribution in [-0.4, -0.2) is 54.5 Å². The van der Waals surface area contributed by atoms with Crippen molar-refractivity contribution in [3.05, 3.63) is 58.0 Å². The summed E-state index contributed by atoms with van der Waals surface area (Å²) < 4.78 is 13.4. The lowest BCUT2D eigenvalue weighted by atomic mass is 10.0. The van der Waals surface area contributed by atoms with Crippen LogP contribution in [-0.2, 0) is 0 Å². The average Bonchev–Trinajstić information content (AvgIpc) is 3.16. The second-order valence-corrected chi connectivity index (χ2v) is 7.68. The fraction of sp³-hybridized carbons (Fsp3) is 0.450. The summed E-state index contributed by atoms with van der Waals surface area (Å²) >= 11 is 1.72. The standard InChI is InChI=1S/C20H26FN3OS/c1-3-23-9-11-24(12-10-23)19(18-8-5-13-26-18)15(2)22-20(25)16-6-4-7-17(21)14-16/h4-8,13-15,19H,3,9-12H2,1-2H3,(H,22,25)/t15-,19-/m0/s1. The predicted molar refractivity (Wildman–Crippen MR) is 104 cm³/mol. The maximum atomic E-state index is 13.4. The molecule has 4 nitrogen and oxygen atoms in total. The molecule has 0 aliphatic carbocycles. The lowest BCUT2D eigenvalue weighted by Gasteiger charge is -2.41. The molecule has 2 aromatic rings. The van der Waals surface area contributed by atoms with E-state index in [0.717, 1.165) is 32.7 Å². The first kappa shape index (κ1) is 19.0. The third-order valence-corrected chi connectivity index (χ3v) is 5.94. The molecule has 0 bridgehead atoms. The third kappa shape index (κ3) is 4.50. The van der Waals surface area contributed by atoms with Crippen molar-refractivity contribution in [2.24, 2.45) is 0 Å². The van der Waals surface area contributed by atoms with E-state index in [1.165, 1.54) is 17.0 Å². The molecule has 140 valence electrons. The van der Waals surface area contributed by atoms with Crippen molar-refractivity contribution in [3.8, 4) is 0 Å². The van der Waals surface area contributed by atoms with Crippen LogP contribution in [0.5, 0.6) is 0 Å². The number of thiophene rings is 1. The lowest BCUT2D eigenvalue weighted by Crippen LogP contribution is -2.52. The molecule has 2 atom stereocenters. The van der Waals surface area contributed by atoms with E-state index in [9.17, 15) is 9.18 Å². The minimum atomic E-state index is -0.393. The van der Waals surface area contributed by atoms with Gasteiger partial charge in [-0.3, -0.25) is 9.69 Å². The van der Waals surface area contributed by atoms with Crippen molar-refractivity contribution >= 4 is 17.2 Å². The van der Waals surface area contributed by atoms with Gasteiger partial charge in [0.15, 0.2) is 0 Å². The Morgan fingerprint density at radius 1 is 1.23 bits per heavy atom. The molecule has 26 heavy (non-hydrogen) atoms. The first-order valence-corrected chi connectivity index (χ1v) is 10.0. The molecule has 1 aliphatic rings. The SMILES string of the molecule is CCN1CCN([C@H](c2cccs2)[C@H](C)NC(=O)c2cccc(F)c2)CC1. The molecule has 0 unspecified atom stereocenters. The number of halogens is 1. The topological polar surface area (TPSA) is 35.6 Å². The third-order valence-electron chi connectivity index (χ3n) is 5.00. The molecule has 1 saturated heterocycles. The summed E-state index contributed by atoms with van der Waals surface area (Å²) in [5.74, 6) is -0.624. The van der Waals surface area contributed by atoms with Crippen LogP contribution in [0.3, 0.4) is 0 Å². The van der Waals surface area contributed by atoms with Crippen LogP contribution in [0.1, 0.15) is 35.1 Å². The van der Waals surface area contributed by atoms with Gasteiger partial charge < -0.3 is 10.2 Å². The summed E-state index contributed by atoms with van der Waals surface area (Å²) in [6.45, 7) is 9.35. The highest BCUT2D eigenvalue weighted by atomic mass is 32.1. The van der Waals surface area contributed by atoms with E-state index in [2.05, 4.69) is 39.6 Å². The summed E-state index contributed by atoms with van der Waals surface area (Å²) in [5, 5.41) is 5.16. The van der Waals surface area contributed by atoms with E-state index in [0.29, 0.717) is 5.56 Å². The van der Waals surface area contributed by atoms with Crippen LogP contribution >= 0.6 is 11.3 Å². The number of hydrogen-bond donors (Lipinski definition) is 1. The number of nitrogens with one attached hydrogen (secondary N) is 1. The molecule has 0 radical (unpaired) electrons. The van der Waals surface area contributed by atoms with Crippen LogP contribution in [0, 0.1) is 5.82 Å². The van der Waals surface area contributed by atoms with E-state index in [-0.39, 0.29) is 18.0 Å². The Bertz CT molecular complexity index is 714. The van der Waals surface area contributed by atoms with Gasteiger partial charge in [0.1, 0.15) is 5.82 Å². The molecule has 1 aromatic carbocycles. The smallest absolute Gasteiger partial charge is 0.251 e. The zero-order chi connectivity index (χ0) is 18.5. The summed E-state index contributed by atoms with van der Waals surface area (Å²) in [6, 6.07) is 10.1. The second-order valence-electron chi connectivity index (χ2n) is 6.70. The first-order valence-electron chi connectivity index (χ1n) is 9.14. The molecule has 1 fully saturated rings. The minimum absolute atomic E-state index is 0.0717. The van der Waals surface area contributed by atoms with E-state index in [1.54, 1.807) is 23.5 Å². The predicted octanol–water partition coefficient (Wildman–Crippen LogP) is 3.38. The highest BCUT2D eigenvalue weighted by Gasteiger charge is 2.30. The number of benzene rings is 1. The van der Waals surface area contributed by atoms with Gasteiger partial charge >= 0.3 is 0 Å². The monoisotopic (exact) mass is 375 g/mol. The largest absolute Gasteiger partial charge is 0.348 e. The lowest BCUT2D eigenvalue weighted by molar-refractivity contribution is 0.0753. The van der Waals surface area contributed by atoms with Gasteiger partial charge in [-0.25, -0.2) is 4.39 Å². The van der Waals surface area contributed by atoms with Crippen molar-refractivity contribution < 1.29 is 9.18 Å². The van der Waals surface area contributed by atoms with Crippen molar-refractivity contribution in [1.82, 2.24) is 15.1 Å². The maximum Gasteiger partial charge on any atom is 0.251 e. The van der Waals surface area contributed by atoms with Gasteiger partial charge in [0.25, 0.3) is 5.91 Å². The Morgan fingerprint density at radius 2 is 2.00 bits per heavy atom. The van der Waals surface area contributed by atoms with Gasteiger partial charge in [-0.1, -0.05) is 19.1 Å². The van der Waals surface area contributed by atoms with Crippen LogP contribution in [0.2, 0.25) is 0 Å². The van der Waals surface area contributed by atoms with Gasteiger partial charge in [-0.15, -0.1) is 11.3 Å².